The summed E-state index contributed by atoms with van der Waals surface area (Å²) < 4.78 is 0. The van der Waals surface area contributed by atoms with Crippen LogP contribution in [0.1, 0.15) is 37.8 Å². The van der Waals surface area contributed by atoms with Crippen molar-refractivity contribution in [1.29, 1.82) is 0 Å². The summed E-state index contributed by atoms with van der Waals surface area (Å²) in [7, 11) is 0. The summed E-state index contributed by atoms with van der Waals surface area (Å²) in [6.45, 7) is 4.70. The van der Waals surface area contributed by atoms with Gasteiger partial charge in [0, 0.05) is 23.1 Å². The van der Waals surface area contributed by atoms with Gasteiger partial charge in [0.25, 0.3) is 0 Å². The van der Waals surface area contributed by atoms with Crippen LogP contribution in [0.25, 0.3) is 32.7 Å². The Bertz CT molecular complexity index is 1640. The van der Waals surface area contributed by atoms with Crippen molar-refractivity contribution >= 4 is 27.2 Å². The van der Waals surface area contributed by atoms with Gasteiger partial charge in [-0.3, -0.25) is 0 Å². The fraction of sp³-hybridized carbons (Fsp3) is 0.200. The van der Waals surface area contributed by atoms with Gasteiger partial charge >= 0.3 is 0 Å². The summed E-state index contributed by atoms with van der Waals surface area (Å²) in [5.41, 5.74) is 8.29. The second-order valence-corrected chi connectivity index (χ2v) is 11.0. The summed E-state index contributed by atoms with van der Waals surface area (Å²) in [5.74, 6) is 0.528. The molecule has 2 unspecified atom stereocenters. The lowest BCUT2D eigenvalue weighted by molar-refractivity contribution is 0.661. The molecule has 0 heterocycles. The lowest BCUT2D eigenvalue weighted by Crippen LogP contribution is -2.19. The topological polar surface area (TPSA) is 12.0 Å². The molecule has 1 N–H and O–H groups in total. The molecule has 2 atom stereocenters. The Morgan fingerprint density at radius 1 is 0.722 bits per heavy atom. The molecule has 0 bridgehead atoms. The third kappa shape index (κ3) is 3.45. The van der Waals surface area contributed by atoms with Crippen molar-refractivity contribution in [3.05, 3.63) is 126 Å². The summed E-state index contributed by atoms with van der Waals surface area (Å²) in [6, 6.07) is 25.6. The van der Waals surface area contributed by atoms with Crippen molar-refractivity contribution in [1.82, 2.24) is 0 Å². The number of rotatable bonds is 3. The van der Waals surface area contributed by atoms with Crippen molar-refractivity contribution in [3.63, 3.8) is 0 Å². The van der Waals surface area contributed by atoms with Crippen LogP contribution in [0.5, 0.6) is 0 Å². The molecule has 0 spiro atoms. The number of benzene rings is 4. The third-order valence-electron chi connectivity index (χ3n) is 8.39. The zero-order valence-electron chi connectivity index (χ0n) is 21.0. The van der Waals surface area contributed by atoms with Crippen molar-refractivity contribution in [2.24, 2.45) is 5.92 Å². The number of nitrogens with one attached hydrogen (secondary N) is 1. The molecule has 36 heavy (non-hydrogen) atoms. The normalized spacial score (nSPS) is 21.4. The zero-order valence-corrected chi connectivity index (χ0v) is 21.0. The van der Waals surface area contributed by atoms with Crippen LogP contribution >= 0.6 is 0 Å². The predicted octanol–water partition coefficient (Wildman–Crippen LogP) is 9.10. The number of anilines is 1. The molecule has 7 rings (SSSR count). The monoisotopic (exact) mass is 465 g/mol. The maximum Gasteiger partial charge on any atom is 0.0482 e. The first-order valence-corrected chi connectivity index (χ1v) is 13.2. The van der Waals surface area contributed by atoms with E-state index in [1.165, 1.54) is 55.1 Å². The molecule has 0 radical (unpaired) electrons. The fourth-order valence-corrected chi connectivity index (χ4v) is 6.35. The van der Waals surface area contributed by atoms with Crippen LogP contribution in [0.4, 0.5) is 5.69 Å². The summed E-state index contributed by atoms with van der Waals surface area (Å²) >= 11 is 0. The first-order chi connectivity index (χ1) is 17.6. The Balaban J connectivity index is 1.19. The molecule has 0 aromatic heterocycles. The number of hydrogen-bond acceptors (Lipinski definition) is 1. The molecule has 0 amide bonds. The molecule has 0 saturated carbocycles. The molecule has 176 valence electrons. The summed E-state index contributed by atoms with van der Waals surface area (Å²) in [6.07, 6.45) is 18.1. The van der Waals surface area contributed by atoms with Crippen LogP contribution in [-0.4, -0.2) is 6.04 Å². The van der Waals surface area contributed by atoms with Crippen LogP contribution in [0.3, 0.4) is 0 Å². The number of fused-ring (bicyclic) bond motifs is 5. The van der Waals surface area contributed by atoms with Gasteiger partial charge < -0.3 is 5.32 Å². The fourth-order valence-electron chi connectivity index (χ4n) is 6.35. The van der Waals surface area contributed by atoms with E-state index in [2.05, 4.69) is 128 Å². The van der Waals surface area contributed by atoms with E-state index in [0.717, 1.165) is 12.8 Å². The maximum absolute atomic E-state index is 3.75. The van der Waals surface area contributed by atoms with Gasteiger partial charge in [-0.15, -0.1) is 0 Å². The lowest BCUT2D eigenvalue weighted by atomic mass is 9.82. The highest BCUT2D eigenvalue weighted by molar-refractivity contribution is 6.02. The lowest BCUT2D eigenvalue weighted by Gasteiger charge is -2.23. The van der Waals surface area contributed by atoms with E-state index in [1.54, 1.807) is 0 Å². The molecular weight excluding hydrogens is 434 g/mol. The highest BCUT2D eigenvalue weighted by atomic mass is 14.9. The van der Waals surface area contributed by atoms with Crippen LogP contribution < -0.4 is 5.32 Å². The van der Waals surface area contributed by atoms with E-state index in [9.17, 15) is 0 Å². The van der Waals surface area contributed by atoms with Crippen molar-refractivity contribution in [2.75, 3.05) is 5.32 Å². The van der Waals surface area contributed by atoms with Crippen molar-refractivity contribution in [3.8, 4) is 11.1 Å². The predicted molar refractivity (Wildman–Crippen MR) is 155 cm³/mol. The second-order valence-electron chi connectivity index (χ2n) is 11.0. The van der Waals surface area contributed by atoms with Crippen LogP contribution in [0.2, 0.25) is 0 Å². The highest BCUT2D eigenvalue weighted by Crippen LogP contribution is 2.49. The summed E-state index contributed by atoms with van der Waals surface area (Å²) in [4.78, 5) is 0. The van der Waals surface area contributed by atoms with Gasteiger partial charge in [0.2, 0.25) is 0 Å². The quantitative estimate of drug-likeness (QED) is 0.298. The molecule has 1 nitrogen and oxygen atoms in total. The molecule has 3 aliphatic rings. The first-order valence-electron chi connectivity index (χ1n) is 13.2. The van der Waals surface area contributed by atoms with Crippen LogP contribution in [0.15, 0.2) is 115 Å². The van der Waals surface area contributed by atoms with E-state index < -0.39 is 0 Å². The standard InChI is InChI=1S/C35H31N/c1-35(2)33-11-7-6-10-31(33)32-21-27-19-26-20-30(17-14-25(26)18-28(27)22-34(32)35)36-29-15-12-24(13-16-29)23-8-4-3-5-9-23/h3-8,10-15,17-23,29,36H,9,16H2,1-2H3. The first kappa shape index (κ1) is 21.4. The Labute approximate surface area is 213 Å². The minimum Gasteiger partial charge on any atom is -0.379 e. The minimum atomic E-state index is 0.0364. The van der Waals surface area contributed by atoms with Gasteiger partial charge in [-0.05, 0) is 98.6 Å². The van der Waals surface area contributed by atoms with Gasteiger partial charge in [0.05, 0.1) is 0 Å². The maximum atomic E-state index is 3.75. The van der Waals surface area contributed by atoms with Crippen LogP contribution in [0, 0.1) is 5.92 Å². The molecular formula is C35H31N. The number of hydrogen-bond donors (Lipinski definition) is 1. The smallest absolute Gasteiger partial charge is 0.0482 e. The highest BCUT2D eigenvalue weighted by Gasteiger charge is 2.35. The van der Waals surface area contributed by atoms with Gasteiger partial charge in [-0.25, -0.2) is 0 Å². The third-order valence-corrected chi connectivity index (χ3v) is 8.39. The Hall–Kier alpha value is -3.84. The Morgan fingerprint density at radius 3 is 2.39 bits per heavy atom. The largest absolute Gasteiger partial charge is 0.379 e. The van der Waals surface area contributed by atoms with Crippen molar-refractivity contribution in [2.45, 2.75) is 38.1 Å². The van der Waals surface area contributed by atoms with Gasteiger partial charge in [-0.1, -0.05) is 86.7 Å². The molecule has 4 aromatic carbocycles. The molecule has 1 heteroatoms. The van der Waals surface area contributed by atoms with E-state index in [1.807, 2.05) is 0 Å². The summed E-state index contributed by atoms with van der Waals surface area (Å²) in [5, 5.41) is 8.96. The Kier molecular flexibility index (Phi) is 4.82. The molecule has 3 aliphatic carbocycles. The average molecular weight is 466 g/mol. The molecule has 0 saturated heterocycles. The second kappa shape index (κ2) is 8.10. The average Bonchev–Trinajstić information content (AvgIpc) is 3.13. The Morgan fingerprint density at radius 2 is 1.56 bits per heavy atom. The van der Waals surface area contributed by atoms with Gasteiger partial charge in [-0.2, -0.15) is 0 Å². The SMILES string of the molecule is CC1(C)c2ccccc2-c2cc3cc4cc(NC5C=CC(C6C=CC=CC6)=CC5)ccc4cc3cc21. The molecule has 0 fully saturated rings. The van der Waals surface area contributed by atoms with Gasteiger partial charge in [0.15, 0.2) is 0 Å². The van der Waals surface area contributed by atoms with E-state index >= 15 is 0 Å². The van der Waals surface area contributed by atoms with Crippen LogP contribution in [-0.2, 0) is 5.41 Å². The van der Waals surface area contributed by atoms with Crippen molar-refractivity contribution < 1.29 is 0 Å². The van der Waals surface area contributed by atoms with E-state index in [-0.39, 0.29) is 5.41 Å². The van der Waals surface area contributed by atoms with Gasteiger partial charge in [0.1, 0.15) is 0 Å². The van der Waals surface area contributed by atoms with E-state index in [0.29, 0.717) is 12.0 Å². The zero-order chi connectivity index (χ0) is 24.3. The minimum absolute atomic E-state index is 0.0364. The molecule has 0 aliphatic heterocycles. The number of allylic oxidation sites excluding steroid dienone is 6. The van der Waals surface area contributed by atoms with E-state index in [4.69, 9.17) is 0 Å². The molecule has 4 aromatic rings.